The van der Waals surface area contributed by atoms with Crippen molar-refractivity contribution in [3.05, 3.63) is 12.0 Å². The van der Waals surface area contributed by atoms with E-state index in [2.05, 4.69) is 32.7 Å². The van der Waals surface area contributed by atoms with E-state index in [1.807, 2.05) is 4.90 Å². The molecular weight excluding hydrogens is 220 g/mol. The lowest BCUT2D eigenvalue weighted by Crippen LogP contribution is -2.31. The standard InChI is InChI=1S/C12H20N2O3/c1-8(2)5-14(6-9(3)4)12-13-10(7-17-12)11(15)16/h7-9H,5-6H2,1-4H3,(H,15,16). The van der Waals surface area contributed by atoms with Crippen LogP contribution in [0.25, 0.3) is 0 Å². The molecule has 0 aliphatic rings. The number of anilines is 1. The Morgan fingerprint density at radius 1 is 1.35 bits per heavy atom. The average molecular weight is 240 g/mol. The van der Waals surface area contributed by atoms with Crippen LogP contribution in [-0.4, -0.2) is 29.1 Å². The maximum Gasteiger partial charge on any atom is 0.357 e. The highest BCUT2D eigenvalue weighted by atomic mass is 16.4. The molecule has 96 valence electrons. The summed E-state index contributed by atoms with van der Waals surface area (Å²) in [5.74, 6) is -0.128. The molecule has 0 spiro atoms. The van der Waals surface area contributed by atoms with Gasteiger partial charge in [0.1, 0.15) is 6.26 Å². The second kappa shape index (κ2) is 5.70. The summed E-state index contributed by atoms with van der Waals surface area (Å²) in [6, 6.07) is 0.393. The molecule has 5 nitrogen and oxygen atoms in total. The van der Waals surface area contributed by atoms with Gasteiger partial charge in [0.2, 0.25) is 0 Å². The van der Waals surface area contributed by atoms with Crippen LogP contribution in [0.15, 0.2) is 10.7 Å². The zero-order chi connectivity index (χ0) is 13.0. The van der Waals surface area contributed by atoms with Crippen molar-refractivity contribution in [1.29, 1.82) is 0 Å². The minimum absolute atomic E-state index is 0.0440. The van der Waals surface area contributed by atoms with E-state index in [4.69, 9.17) is 9.52 Å². The van der Waals surface area contributed by atoms with E-state index in [9.17, 15) is 4.79 Å². The van der Waals surface area contributed by atoms with Crippen molar-refractivity contribution in [2.45, 2.75) is 27.7 Å². The van der Waals surface area contributed by atoms with Gasteiger partial charge in [-0.15, -0.1) is 0 Å². The van der Waals surface area contributed by atoms with E-state index in [1.165, 1.54) is 6.26 Å². The number of carbonyl (C=O) groups is 1. The summed E-state index contributed by atoms with van der Waals surface area (Å²) in [4.78, 5) is 16.7. The summed E-state index contributed by atoms with van der Waals surface area (Å²) in [5.41, 5.74) is -0.0440. The zero-order valence-electron chi connectivity index (χ0n) is 10.8. The predicted octanol–water partition coefficient (Wildman–Crippen LogP) is 2.49. The maximum atomic E-state index is 10.7. The smallest absolute Gasteiger partial charge is 0.357 e. The SMILES string of the molecule is CC(C)CN(CC(C)C)c1nc(C(=O)O)co1. The number of carboxylic acid groups (broad SMARTS) is 1. The van der Waals surface area contributed by atoms with Crippen LogP contribution in [0.5, 0.6) is 0 Å². The average Bonchev–Trinajstić information content (AvgIpc) is 2.63. The summed E-state index contributed by atoms with van der Waals surface area (Å²) >= 11 is 0. The molecule has 5 heteroatoms. The molecule has 17 heavy (non-hydrogen) atoms. The minimum atomic E-state index is -1.06. The second-order valence-electron chi connectivity index (χ2n) is 5.01. The second-order valence-corrected chi connectivity index (χ2v) is 5.01. The molecule has 1 aromatic rings. The molecule has 0 saturated heterocycles. The Morgan fingerprint density at radius 3 is 2.24 bits per heavy atom. The van der Waals surface area contributed by atoms with Crippen LogP contribution in [-0.2, 0) is 0 Å². The normalized spacial score (nSPS) is 11.2. The number of aromatic nitrogens is 1. The fourth-order valence-corrected chi connectivity index (χ4v) is 1.62. The van der Waals surface area contributed by atoms with E-state index in [0.717, 1.165) is 13.1 Å². The molecular formula is C12H20N2O3. The molecule has 0 fully saturated rings. The molecule has 0 aliphatic heterocycles. The van der Waals surface area contributed by atoms with Gasteiger partial charge in [-0.25, -0.2) is 4.79 Å². The summed E-state index contributed by atoms with van der Waals surface area (Å²) in [5, 5.41) is 8.80. The number of oxazole rings is 1. The van der Waals surface area contributed by atoms with E-state index in [0.29, 0.717) is 17.9 Å². The molecule has 0 amide bonds. The van der Waals surface area contributed by atoms with Gasteiger partial charge in [0.05, 0.1) is 0 Å². The van der Waals surface area contributed by atoms with Gasteiger partial charge in [-0.05, 0) is 11.8 Å². The largest absolute Gasteiger partial charge is 0.476 e. The third-order valence-corrected chi connectivity index (χ3v) is 2.15. The van der Waals surface area contributed by atoms with Gasteiger partial charge in [-0.1, -0.05) is 27.7 Å². The first-order valence-electron chi connectivity index (χ1n) is 5.84. The fraction of sp³-hybridized carbons (Fsp3) is 0.667. The van der Waals surface area contributed by atoms with Crippen molar-refractivity contribution in [1.82, 2.24) is 4.98 Å². The topological polar surface area (TPSA) is 66.6 Å². The Hall–Kier alpha value is -1.52. The van der Waals surface area contributed by atoms with Gasteiger partial charge in [0.15, 0.2) is 5.69 Å². The predicted molar refractivity (Wildman–Crippen MR) is 65.4 cm³/mol. The molecule has 0 unspecified atom stereocenters. The van der Waals surface area contributed by atoms with Crippen molar-refractivity contribution >= 4 is 12.0 Å². The number of rotatable bonds is 6. The van der Waals surface area contributed by atoms with Crippen LogP contribution in [0.3, 0.4) is 0 Å². The number of aromatic carboxylic acids is 1. The van der Waals surface area contributed by atoms with Crippen LogP contribution in [0, 0.1) is 11.8 Å². The Kier molecular flexibility index (Phi) is 4.54. The molecule has 1 aromatic heterocycles. The lowest BCUT2D eigenvalue weighted by atomic mass is 10.1. The minimum Gasteiger partial charge on any atom is -0.476 e. The Labute approximate surface area is 101 Å². The number of hydrogen-bond acceptors (Lipinski definition) is 4. The van der Waals surface area contributed by atoms with Crippen LogP contribution in [0.4, 0.5) is 6.01 Å². The van der Waals surface area contributed by atoms with Gasteiger partial charge in [-0.3, -0.25) is 0 Å². The maximum absolute atomic E-state index is 10.7. The van der Waals surface area contributed by atoms with E-state index in [-0.39, 0.29) is 5.69 Å². The first-order valence-corrected chi connectivity index (χ1v) is 5.84. The molecule has 0 bridgehead atoms. The third-order valence-electron chi connectivity index (χ3n) is 2.15. The molecule has 1 rings (SSSR count). The van der Waals surface area contributed by atoms with Crippen molar-refractivity contribution in [3.63, 3.8) is 0 Å². The highest BCUT2D eigenvalue weighted by Crippen LogP contribution is 2.17. The fourth-order valence-electron chi connectivity index (χ4n) is 1.62. The molecule has 0 aromatic carbocycles. The number of nitrogens with zero attached hydrogens (tertiary/aromatic N) is 2. The van der Waals surface area contributed by atoms with Crippen LogP contribution >= 0.6 is 0 Å². The van der Waals surface area contributed by atoms with Crippen LogP contribution in [0.2, 0.25) is 0 Å². The molecule has 1 heterocycles. The quantitative estimate of drug-likeness (QED) is 0.827. The molecule has 0 radical (unpaired) electrons. The summed E-state index contributed by atoms with van der Waals surface area (Å²) in [6.07, 6.45) is 1.19. The Bertz CT molecular complexity index is 362. The van der Waals surface area contributed by atoms with Crippen molar-refractivity contribution in [3.8, 4) is 0 Å². The van der Waals surface area contributed by atoms with Gasteiger partial charge < -0.3 is 14.4 Å². The van der Waals surface area contributed by atoms with E-state index >= 15 is 0 Å². The highest BCUT2D eigenvalue weighted by Gasteiger charge is 2.18. The van der Waals surface area contributed by atoms with Crippen molar-refractivity contribution in [2.24, 2.45) is 11.8 Å². The third kappa shape index (κ3) is 4.09. The van der Waals surface area contributed by atoms with Gasteiger partial charge >= 0.3 is 5.97 Å². The van der Waals surface area contributed by atoms with Crippen LogP contribution < -0.4 is 4.90 Å². The zero-order valence-corrected chi connectivity index (χ0v) is 10.8. The number of carboxylic acids is 1. The summed E-state index contributed by atoms with van der Waals surface area (Å²) in [6.45, 7) is 10.0. The van der Waals surface area contributed by atoms with Crippen molar-refractivity contribution in [2.75, 3.05) is 18.0 Å². The summed E-state index contributed by atoms with van der Waals surface area (Å²) < 4.78 is 5.22. The van der Waals surface area contributed by atoms with Gasteiger partial charge in [0.25, 0.3) is 6.01 Å². The van der Waals surface area contributed by atoms with E-state index in [1.54, 1.807) is 0 Å². The lowest BCUT2D eigenvalue weighted by Gasteiger charge is -2.24. The Morgan fingerprint density at radius 2 is 1.88 bits per heavy atom. The summed E-state index contributed by atoms with van der Waals surface area (Å²) in [7, 11) is 0. The molecule has 0 saturated carbocycles. The molecule has 1 N–H and O–H groups in total. The monoisotopic (exact) mass is 240 g/mol. The van der Waals surface area contributed by atoms with Gasteiger partial charge in [-0.2, -0.15) is 4.98 Å². The highest BCUT2D eigenvalue weighted by molar-refractivity contribution is 5.85. The number of hydrogen-bond donors (Lipinski definition) is 1. The molecule has 0 aliphatic carbocycles. The molecule has 0 atom stereocenters. The van der Waals surface area contributed by atoms with Crippen LogP contribution in [0.1, 0.15) is 38.2 Å². The van der Waals surface area contributed by atoms with Crippen molar-refractivity contribution < 1.29 is 14.3 Å². The van der Waals surface area contributed by atoms with E-state index < -0.39 is 5.97 Å². The first-order chi connectivity index (χ1) is 7.90. The lowest BCUT2D eigenvalue weighted by molar-refractivity contribution is 0.0690. The van der Waals surface area contributed by atoms with Gasteiger partial charge in [0, 0.05) is 13.1 Å². The Balaban J connectivity index is 2.83. The first kappa shape index (κ1) is 13.5.